The Morgan fingerprint density at radius 1 is 1.19 bits per heavy atom. The lowest BCUT2D eigenvalue weighted by molar-refractivity contribution is -0.142. The largest absolute Gasteiger partial charge is 0.486 e. The molecule has 0 atom stereocenters. The summed E-state index contributed by atoms with van der Waals surface area (Å²) in [6.45, 7) is 0. The highest BCUT2D eigenvalue weighted by Gasteiger charge is 2.41. The number of alkyl halides is 3. The lowest BCUT2D eigenvalue weighted by atomic mass is 10.0. The normalized spacial score (nSPS) is 11.6. The number of ether oxygens (including phenoxy) is 1. The molecule has 0 saturated heterocycles. The molecule has 3 aromatic heterocycles. The molecule has 0 fully saturated rings. The zero-order valence-corrected chi connectivity index (χ0v) is 17.6. The number of methoxy groups -OCH3 is 1. The molecule has 0 radical (unpaired) electrons. The van der Waals surface area contributed by atoms with Gasteiger partial charge in [-0.1, -0.05) is 22.8 Å². The van der Waals surface area contributed by atoms with Crippen LogP contribution in [0.3, 0.4) is 0 Å². The van der Waals surface area contributed by atoms with E-state index in [-0.39, 0.29) is 32.6 Å². The molecule has 12 heteroatoms. The van der Waals surface area contributed by atoms with Gasteiger partial charge in [0.1, 0.15) is 17.1 Å². The van der Waals surface area contributed by atoms with Gasteiger partial charge in [-0.25, -0.2) is 9.07 Å². The number of halogens is 5. The predicted octanol–water partition coefficient (Wildman–Crippen LogP) is 5.72. The summed E-state index contributed by atoms with van der Waals surface area (Å²) in [5.41, 5.74) is -2.11. The quantitative estimate of drug-likeness (QED) is 0.274. The van der Waals surface area contributed by atoms with Crippen LogP contribution in [0.1, 0.15) is 11.3 Å². The molecule has 3 heterocycles. The van der Waals surface area contributed by atoms with Crippen LogP contribution < -0.4 is 0 Å². The summed E-state index contributed by atoms with van der Waals surface area (Å²) in [6, 6.07) is 6.77. The number of thiocarbonyl (C=S) groups is 1. The molecule has 1 aromatic carbocycles. The average molecular weight is 483 g/mol. The van der Waals surface area contributed by atoms with Gasteiger partial charge in [0.25, 0.3) is 0 Å². The molecule has 0 unspecified atom stereocenters. The Morgan fingerprint density at radius 3 is 2.59 bits per heavy atom. The summed E-state index contributed by atoms with van der Waals surface area (Å²) in [5.74, 6) is -1.16. The second kappa shape index (κ2) is 8.32. The fourth-order valence-electron chi connectivity index (χ4n) is 3.12. The standard InChI is InChI=1S/C20H11ClF4N4O2S/c1-30-19(32)15-16(14-12(21)5-2-6-13(14)22)28-31-17(15)11-9-27-29(18(11)20(23,24)25)10-4-3-7-26-8-10/h2-9H,1H3. The van der Waals surface area contributed by atoms with Gasteiger partial charge in [0.2, 0.25) is 0 Å². The Hall–Kier alpha value is -3.31. The molecule has 6 nitrogen and oxygen atoms in total. The third-order valence-electron chi connectivity index (χ3n) is 4.45. The fourth-order valence-corrected chi connectivity index (χ4v) is 3.56. The van der Waals surface area contributed by atoms with Crippen LogP contribution >= 0.6 is 23.8 Å². The highest BCUT2D eigenvalue weighted by atomic mass is 35.5. The van der Waals surface area contributed by atoms with Crippen LogP contribution in [-0.2, 0) is 10.9 Å². The van der Waals surface area contributed by atoms with Crippen molar-refractivity contribution >= 4 is 28.9 Å². The summed E-state index contributed by atoms with van der Waals surface area (Å²) < 4.78 is 67.8. The van der Waals surface area contributed by atoms with E-state index in [4.69, 9.17) is 33.1 Å². The molecular formula is C20H11ClF4N4O2S. The minimum absolute atomic E-state index is 0.0351. The highest BCUT2D eigenvalue weighted by molar-refractivity contribution is 7.80. The first-order chi connectivity index (χ1) is 15.2. The molecular weight excluding hydrogens is 472 g/mol. The fraction of sp³-hybridized carbons (Fsp3) is 0.100. The molecule has 164 valence electrons. The molecule has 4 aromatic rings. The van der Waals surface area contributed by atoms with E-state index in [2.05, 4.69) is 15.2 Å². The Labute approximate surface area is 188 Å². The van der Waals surface area contributed by atoms with E-state index in [0.29, 0.717) is 4.68 Å². The second-order valence-electron chi connectivity index (χ2n) is 6.35. The molecule has 4 rings (SSSR count). The zero-order chi connectivity index (χ0) is 23.0. The van der Waals surface area contributed by atoms with Crippen molar-refractivity contribution in [2.75, 3.05) is 7.11 Å². The summed E-state index contributed by atoms with van der Waals surface area (Å²) in [7, 11) is 1.22. The van der Waals surface area contributed by atoms with Crippen molar-refractivity contribution in [2.45, 2.75) is 6.18 Å². The van der Waals surface area contributed by atoms with Crippen molar-refractivity contribution in [1.82, 2.24) is 19.9 Å². The van der Waals surface area contributed by atoms with Crippen molar-refractivity contribution in [3.8, 4) is 28.3 Å². The number of rotatable bonds is 4. The minimum atomic E-state index is -4.85. The van der Waals surface area contributed by atoms with Gasteiger partial charge in [-0.2, -0.15) is 18.3 Å². The van der Waals surface area contributed by atoms with Crippen molar-refractivity contribution in [3.63, 3.8) is 0 Å². The maximum atomic E-state index is 14.5. The van der Waals surface area contributed by atoms with Gasteiger partial charge in [0.15, 0.2) is 16.5 Å². The summed E-state index contributed by atoms with van der Waals surface area (Å²) in [5, 5.41) is 7.33. The third kappa shape index (κ3) is 3.73. The first-order valence-corrected chi connectivity index (χ1v) is 9.61. The molecule has 0 saturated carbocycles. The Kier molecular flexibility index (Phi) is 5.70. The van der Waals surface area contributed by atoms with Gasteiger partial charge < -0.3 is 9.26 Å². The molecule has 0 aliphatic heterocycles. The first-order valence-electron chi connectivity index (χ1n) is 8.82. The van der Waals surface area contributed by atoms with Crippen LogP contribution in [0.5, 0.6) is 0 Å². The van der Waals surface area contributed by atoms with E-state index < -0.39 is 29.0 Å². The van der Waals surface area contributed by atoms with Crippen LogP contribution in [0.25, 0.3) is 28.3 Å². The zero-order valence-electron chi connectivity index (χ0n) is 16.0. The van der Waals surface area contributed by atoms with Crippen molar-refractivity contribution in [1.29, 1.82) is 0 Å². The molecule has 0 bridgehead atoms. The van der Waals surface area contributed by atoms with E-state index in [1.807, 2.05) is 0 Å². The maximum absolute atomic E-state index is 14.5. The van der Waals surface area contributed by atoms with Gasteiger partial charge in [0.05, 0.1) is 41.3 Å². The van der Waals surface area contributed by atoms with Gasteiger partial charge in [0, 0.05) is 6.20 Å². The van der Waals surface area contributed by atoms with Gasteiger partial charge in [-0.3, -0.25) is 4.98 Å². The lowest BCUT2D eigenvalue weighted by Gasteiger charge is -2.12. The topological polar surface area (TPSA) is 66.0 Å². The van der Waals surface area contributed by atoms with Gasteiger partial charge in [-0.05, 0) is 36.5 Å². The number of hydrogen-bond donors (Lipinski definition) is 0. The Balaban J connectivity index is 2.01. The highest BCUT2D eigenvalue weighted by Crippen LogP contribution is 2.43. The van der Waals surface area contributed by atoms with Crippen LogP contribution in [0.15, 0.2) is 53.4 Å². The number of benzene rings is 1. The van der Waals surface area contributed by atoms with E-state index in [1.54, 1.807) is 0 Å². The molecule has 0 N–H and O–H groups in total. The Bertz CT molecular complexity index is 1280. The number of aromatic nitrogens is 4. The Morgan fingerprint density at radius 2 is 1.97 bits per heavy atom. The van der Waals surface area contributed by atoms with E-state index in [0.717, 1.165) is 12.3 Å². The van der Waals surface area contributed by atoms with Crippen LogP contribution in [0.4, 0.5) is 17.6 Å². The molecule has 0 amide bonds. The van der Waals surface area contributed by atoms with Gasteiger partial charge in [-0.15, -0.1) is 0 Å². The molecule has 0 aliphatic carbocycles. The lowest BCUT2D eigenvalue weighted by Crippen LogP contribution is -2.15. The second-order valence-corrected chi connectivity index (χ2v) is 7.13. The van der Waals surface area contributed by atoms with Gasteiger partial charge >= 0.3 is 6.18 Å². The molecule has 32 heavy (non-hydrogen) atoms. The van der Waals surface area contributed by atoms with Crippen molar-refractivity contribution < 1.29 is 26.8 Å². The predicted molar refractivity (Wildman–Crippen MR) is 111 cm³/mol. The summed E-state index contributed by atoms with van der Waals surface area (Å²) >= 11 is 11.3. The number of pyridine rings is 1. The monoisotopic (exact) mass is 482 g/mol. The maximum Gasteiger partial charge on any atom is 0.434 e. The van der Waals surface area contributed by atoms with Crippen LogP contribution in [0.2, 0.25) is 5.02 Å². The van der Waals surface area contributed by atoms with E-state index in [9.17, 15) is 17.6 Å². The molecule has 0 aliphatic rings. The van der Waals surface area contributed by atoms with E-state index in [1.165, 1.54) is 43.8 Å². The molecule has 0 spiro atoms. The average Bonchev–Trinajstić information content (AvgIpc) is 3.38. The summed E-state index contributed by atoms with van der Waals surface area (Å²) in [4.78, 5) is 3.83. The van der Waals surface area contributed by atoms with E-state index >= 15 is 0 Å². The first kappa shape index (κ1) is 21.9. The van der Waals surface area contributed by atoms with Crippen molar-refractivity contribution in [2.24, 2.45) is 0 Å². The number of nitrogens with zero attached hydrogens (tertiary/aromatic N) is 4. The minimum Gasteiger partial charge on any atom is -0.486 e. The van der Waals surface area contributed by atoms with Crippen molar-refractivity contribution in [3.05, 3.63) is 71.0 Å². The summed E-state index contributed by atoms with van der Waals surface area (Å²) in [6.07, 6.45) is -1.27. The smallest absolute Gasteiger partial charge is 0.434 e. The van der Waals surface area contributed by atoms with Crippen LogP contribution in [0, 0.1) is 5.82 Å². The third-order valence-corrected chi connectivity index (χ3v) is 5.14. The SMILES string of the molecule is COC(=S)c1c(-c2c(F)cccc2Cl)noc1-c1cnn(-c2cccnc2)c1C(F)(F)F. The van der Waals surface area contributed by atoms with Crippen LogP contribution in [-0.4, -0.2) is 32.1 Å². The number of hydrogen-bond acceptors (Lipinski definition) is 6.